The molecule has 2 aliphatic rings. The summed E-state index contributed by atoms with van der Waals surface area (Å²) in [5.41, 5.74) is -0.279. The topological polar surface area (TPSA) is 87.9 Å². The Morgan fingerprint density at radius 1 is 1.35 bits per heavy atom. The molecule has 3 heterocycles. The van der Waals surface area contributed by atoms with Gasteiger partial charge >= 0.3 is 0 Å². The third kappa shape index (κ3) is 2.20. The van der Waals surface area contributed by atoms with Gasteiger partial charge in [-0.1, -0.05) is 12.8 Å². The molecule has 1 N–H and O–H groups in total. The zero-order valence-electron chi connectivity index (χ0n) is 12.7. The smallest absolute Gasteiger partial charge is 0.266 e. The largest absolute Gasteiger partial charge is 0.373 e. The van der Waals surface area contributed by atoms with Gasteiger partial charge in [0.25, 0.3) is 11.1 Å². The summed E-state index contributed by atoms with van der Waals surface area (Å²) >= 11 is 0. The first-order chi connectivity index (χ1) is 11.1. The molecule has 1 spiro atoms. The molecule has 6 nitrogen and oxygen atoms in total. The molecule has 23 heavy (non-hydrogen) atoms. The first kappa shape index (κ1) is 14.2. The minimum Gasteiger partial charge on any atom is -0.373 e. The minimum absolute atomic E-state index is 0.0162. The van der Waals surface area contributed by atoms with Crippen molar-refractivity contribution in [2.75, 3.05) is 6.61 Å². The Morgan fingerprint density at radius 2 is 2.13 bits per heavy atom. The van der Waals surface area contributed by atoms with Crippen LogP contribution in [0, 0.1) is 11.3 Å². The van der Waals surface area contributed by atoms with E-state index in [0.717, 1.165) is 19.3 Å². The number of aromatic nitrogens is 2. The van der Waals surface area contributed by atoms with Crippen LogP contribution in [0.15, 0.2) is 27.9 Å². The predicted molar refractivity (Wildman–Crippen MR) is 84.3 cm³/mol. The average Bonchev–Trinajstić information content (AvgIpc) is 3.18. The van der Waals surface area contributed by atoms with Gasteiger partial charge in [0.2, 0.25) is 0 Å². The van der Waals surface area contributed by atoms with Gasteiger partial charge in [-0.3, -0.25) is 9.59 Å². The Bertz CT molecular complexity index is 929. The lowest BCUT2D eigenvalue weighted by atomic mass is 9.96. The molecular formula is C17H17N3O3. The van der Waals surface area contributed by atoms with Crippen molar-refractivity contribution >= 4 is 10.9 Å². The van der Waals surface area contributed by atoms with Gasteiger partial charge in [0.05, 0.1) is 29.2 Å². The first-order valence-electron chi connectivity index (χ1n) is 7.94. The van der Waals surface area contributed by atoms with E-state index in [1.807, 2.05) is 6.07 Å². The number of pyridine rings is 2. The molecule has 1 saturated carbocycles. The summed E-state index contributed by atoms with van der Waals surface area (Å²) in [6, 6.07) is 4.95. The normalized spacial score (nSPS) is 22.7. The van der Waals surface area contributed by atoms with E-state index in [0.29, 0.717) is 17.5 Å². The Kier molecular flexibility index (Phi) is 3.13. The zero-order chi connectivity index (χ0) is 16.0. The molecule has 4 rings (SSSR count). The fourth-order valence-electron chi connectivity index (χ4n) is 3.95. The van der Waals surface area contributed by atoms with E-state index in [4.69, 9.17) is 10.00 Å². The van der Waals surface area contributed by atoms with Gasteiger partial charge in [-0.05, 0) is 31.4 Å². The lowest BCUT2D eigenvalue weighted by Crippen LogP contribution is -2.27. The van der Waals surface area contributed by atoms with Crippen LogP contribution < -0.4 is 11.1 Å². The second-order valence-corrected chi connectivity index (χ2v) is 6.54. The molecular weight excluding hydrogens is 294 g/mol. The van der Waals surface area contributed by atoms with Gasteiger partial charge in [-0.25, -0.2) is 0 Å². The number of rotatable bonds is 1. The molecule has 6 heteroatoms. The molecule has 1 atom stereocenters. The summed E-state index contributed by atoms with van der Waals surface area (Å²) in [7, 11) is 0. The molecule has 0 aromatic carbocycles. The highest BCUT2D eigenvalue weighted by Gasteiger charge is 2.43. The van der Waals surface area contributed by atoms with Crippen molar-refractivity contribution in [1.82, 2.24) is 9.55 Å². The van der Waals surface area contributed by atoms with E-state index < -0.39 is 5.56 Å². The molecule has 1 aliphatic carbocycles. The van der Waals surface area contributed by atoms with Crippen molar-refractivity contribution in [3.63, 3.8) is 0 Å². The summed E-state index contributed by atoms with van der Waals surface area (Å²) in [5.74, 6) is 0. The molecule has 1 aliphatic heterocycles. The summed E-state index contributed by atoms with van der Waals surface area (Å²) < 4.78 is 7.72. The number of hydrogen-bond donors (Lipinski definition) is 1. The van der Waals surface area contributed by atoms with Gasteiger partial charge in [0.1, 0.15) is 11.6 Å². The van der Waals surface area contributed by atoms with Crippen molar-refractivity contribution in [2.24, 2.45) is 0 Å². The van der Waals surface area contributed by atoms with Crippen LogP contribution in [-0.2, 0) is 4.74 Å². The van der Waals surface area contributed by atoms with Crippen LogP contribution in [0.1, 0.15) is 43.7 Å². The summed E-state index contributed by atoms with van der Waals surface area (Å²) in [6.07, 6.45) is 7.08. The third-order valence-electron chi connectivity index (χ3n) is 5.16. The highest BCUT2D eigenvalue weighted by molar-refractivity contribution is 5.78. The minimum atomic E-state index is -0.466. The van der Waals surface area contributed by atoms with E-state index in [9.17, 15) is 9.59 Å². The van der Waals surface area contributed by atoms with E-state index in [2.05, 4.69) is 4.98 Å². The molecule has 0 radical (unpaired) electrons. The second kappa shape index (κ2) is 5.07. The van der Waals surface area contributed by atoms with Gasteiger partial charge < -0.3 is 14.3 Å². The molecule has 1 saturated heterocycles. The van der Waals surface area contributed by atoms with E-state index >= 15 is 0 Å². The number of nitriles is 1. The van der Waals surface area contributed by atoms with Crippen molar-refractivity contribution < 1.29 is 4.74 Å². The number of nitrogens with zero attached hydrogens (tertiary/aromatic N) is 2. The van der Waals surface area contributed by atoms with Crippen LogP contribution in [-0.4, -0.2) is 21.8 Å². The Labute approximate surface area is 132 Å². The monoisotopic (exact) mass is 311 g/mol. The van der Waals surface area contributed by atoms with Crippen molar-refractivity contribution in [3.05, 3.63) is 44.6 Å². The quantitative estimate of drug-likeness (QED) is 0.870. The van der Waals surface area contributed by atoms with Crippen LogP contribution in [0.4, 0.5) is 0 Å². The number of fused-ring (bicyclic) bond motifs is 1. The molecule has 118 valence electrons. The second-order valence-electron chi connectivity index (χ2n) is 6.54. The SMILES string of the molecule is N#Cc1cc2c(=O)n([C@H]3COC4(CCCC4)C3)ccc2[nH]c1=O. The van der Waals surface area contributed by atoms with Crippen molar-refractivity contribution in [3.8, 4) is 6.07 Å². The average molecular weight is 311 g/mol. The molecule has 2 fully saturated rings. The Morgan fingerprint density at radius 3 is 2.87 bits per heavy atom. The first-order valence-corrected chi connectivity index (χ1v) is 7.94. The highest BCUT2D eigenvalue weighted by Crippen LogP contribution is 2.44. The molecule has 0 bridgehead atoms. The van der Waals surface area contributed by atoms with Gasteiger partial charge in [-0.15, -0.1) is 0 Å². The van der Waals surface area contributed by atoms with Crippen LogP contribution in [0.2, 0.25) is 0 Å². The summed E-state index contributed by atoms with van der Waals surface area (Å²) in [4.78, 5) is 27.0. The van der Waals surface area contributed by atoms with Crippen LogP contribution in [0.3, 0.4) is 0 Å². The number of ether oxygens (including phenoxy) is 1. The standard InChI is InChI=1S/C17H17N3O3/c18-9-11-7-13-14(19-15(11)21)3-6-20(16(13)22)12-8-17(23-10-12)4-1-2-5-17/h3,6-7,12H,1-2,4-5,8,10H2,(H,19,21)/t12-/m1/s1. The maximum Gasteiger partial charge on any atom is 0.266 e. The Hall–Kier alpha value is -2.39. The lowest BCUT2D eigenvalue weighted by Gasteiger charge is -2.21. The van der Waals surface area contributed by atoms with E-state index in [1.165, 1.54) is 18.9 Å². The summed E-state index contributed by atoms with van der Waals surface area (Å²) in [6.45, 7) is 0.542. The van der Waals surface area contributed by atoms with Crippen LogP contribution >= 0.6 is 0 Å². The maximum absolute atomic E-state index is 12.8. The fraction of sp³-hybridized carbons (Fsp3) is 0.471. The number of H-pyrrole nitrogens is 1. The molecule has 0 amide bonds. The summed E-state index contributed by atoms with van der Waals surface area (Å²) in [5, 5.41) is 9.36. The number of aromatic amines is 1. The van der Waals surface area contributed by atoms with Crippen molar-refractivity contribution in [1.29, 1.82) is 5.26 Å². The van der Waals surface area contributed by atoms with Crippen LogP contribution in [0.25, 0.3) is 10.9 Å². The molecule has 2 aromatic heterocycles. The van der Waals surface area contributed by atoms with E-state index in [-0.39, 0.29) is 22.8 Å². The van der Waals surface area contributed by atoms with E-state index in [1.54, 1.807) is 16.8 Å². The van der Waals surface area contributed by atoms with Crippen LogP contribution in [0.5, 0.6) is 0 Å². The lowest BCUT2D eigenvalue weighted by molar-refractivity contribution is 0.00956. The Balaban J connectivity index is 1.78. The number of nitrogens with one attached hydrogen (secondary N) is 1. The number of hydrogen-bond acceptors (Lipinski definition) is 4. The van der Waals surface area contributed by atoms with Gasteiger partial charge in [-0.2, -0.15) is 5.26 Å². The third-order valence-corrected chi connectivity index (χ3v) is 5.16. The fourth-order valence-corrected chi connectivity index (χ4v) is 3.95. The maximum atomic E-state index is 12.8. The molecule has 0 unspecified atom stereocenters. The predicted octanol–water partition coefficient (Wildman–Crippen LogP) is 1.84. The van der Waals surface area contributed by atoms with Crippen molar-refractivity contribution in [2.45, 2.75) is 43.7 Å². The zero-order valence-corrected chi connectivity index (χ0v) is 12.7. The van der Waals surface area contributed by atoms with Gasteiger partial charge in [0.15, 0.2) is 0 Å². The molecule has 2 aromatic rings. The highest BCUT2D eigenvalue weighted by atomic mass is 16.5. The van der Waals surface area contributed by atoms with Gasteiger partial charge in [0, 0.05) is 6.20 Å².